The van der Waals surface area contributed by atoms with Crippen LogP contribution in [0.1, 0.15) is 31.5 Å². The summed E-state index contributed by atoms with van der Waals surface area (Å²) in [7, 11) is 3.77. The molecule has 2 rings (SSSR count). The van der Waals surface area contributed by atoms with E-state index in [2.05, 4.69) is 30.6 Å². The summed E-state index contributed by atoms with van der Waals surface area (Å²) in [6, 6.07) is -0.134. The molecule has 0 aromatic carbocycles. The van der Waals surface area contributed by atoms with Gasteiger partial charge < -0.3 is 20.0 Å². The molecule has 1 unspecified atom stereocenters. The van der Waals surface area contributed by atoms with Crippen molar-refractivity contribution in [3.63, 3.8) is 0 Å². The zero-order valence-electron chi connectivity index (χ0n) is 13.0. The third-order valence-corrected chi connectivity index (χ3v) is 2.71. The van der Waals surface area contributed by atoms with Gasteiger partial charge in [0.05, 0.1) is 6.20 Å². The zero-order valence-corrected chi connectivity index (χ0v) is 13.0. The van der Waals surface area contributed by atoms with Crippen LogP contribution in [0.3, 0.4) is 0 Å². The molecular weight excluding hydrogens is 270 g/mol. The molecule has 21 heavy (non-hydrogen) atoms. The second kappa shape index (κ2) is 6.38. The van der Waals surface area contributed by atoms with Gasteiger partial charge in [0.2, 0.25) is 23.7 Å². The Hall–Kier alpha value is -2.38. The lowest BCUT2D eigenvalue weighted by molar-refractivity contribution is 0.453. The Morgan fingerprint density at radius 1 is 1.24 bits per heavy atom. The van der Waals surface area contributed by atoms with Crippen molar-refractivity contribution < 1.29 is 4.42 Å². The predicted octanol–water partition coefficient (Wildman–Crippen LogP) is 1.84. The fourth-order valence-electron chi connectivity index (χ4n) is 1.69. The average molecular weight is 291 g/mol. The SMILES string of the molecule is CCNc1nc(NC(C)c2ncc(C)o2)nc(N(C)C)n1. The van der Waals surface area contributed by atoms with Crippen molar-refractivity contribution in [1.29, 1.82) is 0 Å². The van der Waals surface area contributed by atoms with E-state index in [1.54, 1.807) is 6.20 Å². The van der Waals surface area contributed by atoms with E-state index in [-0.39, 0.29) is 6.04 Å². The molecule has 0 spiro atoms. The maximum Gasteiger partial charge on any atom is 0.231 e. The minimum Gasteiger partial charge on any atom is -0.444 e. The van der Waals surface area contributed by atoms with Gasteiger partial charge in [-0.25, -0.2) is 4.98 Å². The second-order valence-corrected chi connectivity index (χ2v) is 4.88. The van der Waals surface area contributed by atoms with Crippen molar-refractivity contribution in [2.75, 3.05) is 36.2 Å². The third kappa shape index (κ3) is 3.80. The molecule has 0 saturated carbocycles. The van der Waals surface area contributed by atoms with Crippen LogP contribution in [0.4, 0.5) is 17.8 Å². The molecule has 0 amide bonds. The van der Waals surface area contributed by atoms with Crippen molar-refractivity contribution in [3.05, 3.63) is 17.8 Å². The first-order valence-electron chi connectivity index (χ1n) is 6.85. The molecule has 0 saturated heterocycles. The van der Waals surface area contributed by atoms with Gasteiger partial charge in [0, 0.05) is 20.6 Å². The van der Waals surface area contributed by atoms with Crippen LogP contribution in [-0.2, 0) is 0 Å². The summed E-state index contributed by atoms with van der Waals surface area (Å²) >= 11 is 0. The second-order valence-electron chi connectivity index (χ2n) is 4.88. The Morgan fingerprint density at radius 2 is 1.95 bits per heavy atom. The summed E-state index contributed by atoms with van der Waals surface area (Å²) in [5, 5.41) is 6.27. The first-order valence-corrected chi connectivity index (χ1v) is 6.85. The number of aryl methyl sites for hydroxylation is 1. The Labute approximate surface area is 124 Å². The van der Waals surface area contributed by atoms with Gasteiger partial charge >= 0.3 is 0 Å². The third-order valence-electron chi connectivity index (χ3n) is 2.71. The van der Waals surface area contributed by atoms with Gasteiger partial charge in [-0.3, -0.25) is 0 Å². The first kappa shape index (κ1) is 15.0. The molecule has 0 bridgehead atoms. The smallest absolute Gasteiger partial charge is 0.231 e. The van der Waals surface area contributed by atoms with Crippen LogP contribution in [0.5, 0.6) is 0 Å². The largest absolute Gasteiger partial charge is 0.444 e. The molecule has 8 heteroatoms. The van der Waals surface area contributed by atoms with Gasteiger partial charge in [-0.1, -0.05) is 0 Å². The average Bonchev–Trinajstić information content (AvgIpc) is 2.85. The first-order chi connectivity index (χ1) is 9.99. The molecule has 0 aliphatic carbocycles. The number of rotatable bonds is 6. The van der Waals surface area contributed by atoms with Crippen LogP contribution in [0.2, 0.25) is 0 Å². The van der Waals surface area contributed by atoms with E-state index < -0.39 is 0 Å². The molecule has 0 radical (unpaired) electrons. The lowest BCUT2D eigenvalue weighted by atomic mass is 10.3. The Morgan fingerprint density at radius 3 is 2.52 bits per heavy atom. The van der Waals surface area contributed by atoms with Crippen LogP contribution >= 0.6 is 0 Å². The van der Waals surface area contributed by atoms with Crippen molar-refractivity contribution in [3.8, 4) is 0 Å². The number of aromatic nitrogens is 4. The van der Waals surface area contributed by atoms with Gasteiger partial charge in [-0.15, -0.1) is 0 Å². The monoisotopic (exact) mass is 291 g/mol. The summed E-state index contributed by atoms with van der Waals surface area (Å²) in [6.45, 7) is 6.53. The number of nitrogens with one attached hydrogen (secondary N) is 2. The summed E-state index contributed by atoms with van der Waals surface area (Å²) in [5.41, 5.74) is 0. The van der Waals surface area contributed by atoms with Crippen LogP contribution in [0, 0.1) is 6.92 Å². The molecule has 0 aliphatic rings. The number of hydrogen-bond donors (Lipinski definition) is 2. The summed E-state index contributed by atoms with van der Waals surface area (Å²) in [6.07, 6.45) is 1.69. The maximum absolute atomic E-state index is 5.50. The van der Waals surface area contributed by atoms with Crippen molar-refractivity contribution in [1.82, 2.24) is 19.9 Å². The molecule has 2 aromatic rings. The zero-order chi connectivity index (χ0) is 15.4. The normalized spacial score (nSPS) is 12.0. The highest BCUT2D eigenvalue weighted by Crippen LogP contribution is 2.18. The van der Waals surface area contributed by atoms with E-state index in [0.29, 0.717) is 23.7 Å². The van der Waals surface area contributed by atoms with Gasteiger partial charge in [0.1, 0.15) is 11.8 Å². The van der Waals surface area contributed by atoms with E-state index in [1.165, 1.54) is 0 Å². The van der Waals surface area contributed by atoms with E-state index in [9.17, 15) is 0 Å². The van der Waals surface area contributed by atoms with Gasteiger partial charge in [-0.05, 0) is 20.8 Å². The summed E-state index contributed by atoms with van der Waals surface area (Å²) in [4.78, 5) is 19.1. The van der Waals surface area contributed by atoms with Gasteiger partial charge in [0.25, 0.3) is 0 Å². The minimum absolute atomic E-state index is 0.134. The van der Waals surface area contributed by atoms with Crippen LogP contribution in [0.15, 0.2) is 10.6 Å². The number of anilines is 3. The standard InChI is InChI=1S/C13H21N7O/c1-6-14-11-17-12(19-13(18-11)20(4)5)16-9(3)10-15-7-8(2)21-10/h7,9H,6H2,1-5H3,(H2,14,16,17,18,19). The van der Waals surface area contributed by atoms with E-state index in [0.717, 1.165) is 12.3 Å². The highest BCUT2D eigenvalue weighted by molar-refractivity contribution is 5.43. The Bertz CT molecular complexity index is 596. The lowest BCUT2D eigenvalue weighted by Crippen LogP contribution is -2.18. The molecule has 8 nitrogen and oxygen atoms in total. The molecule has 0 fully saturated rings. The Balaban J connectivity index is 2.21. The van der Waals surface area contributed by atoms with E-state index in [4.69, 9.17) is 4.42 Å². The molecule has 2 aromatic heterocycles. The lowest BCUT2D eigenvalue weighted by Gasteiger charge is -2.15. The fourth-order valence-corrected chi connectivity index (χ4v) is 1.69. The molecule has 114 valence electrons. The predicted molar refractivity (Wildman–Crippen MR) is 81.6 cm³/mol. The summed E-state index contributed by atoms with van der Waals surface area (Å²) in [5.74, 6) is 2.97. The molecule has 2 N–H and O–H groups in total. The maximum atomic E-state index is 5.50. The molecule has 1 atom stereocenters. The fraction of sp³-hybridized carbons (Fsp3) is 0.538. The quantitative estimate of drug-likeness (QED) is 0.833. The number of hydrogen-bond acceptors (Lipinski definition) is 8. The Kier molecular flexibility index (Phi) is 4.56. The summed E-state index contributed by atoms with van der Waals surface area (Å²) < 4.78 is 5.50. The number of oxazole rings is 1. The molecule has 0 aliphatic heterocycles. The van der Waals surface area contributed by atoms with Crippen LogP contribution in [-0.4, -0.2) is 40.6 Å². The van der Waals surface area contributed by atoms with Crippen LogP contribution < -0.4 is 15.5 Å². The van der Waals surface area contributed by atoms with Crippen molar-refractivity contribution in [2.45, 2.75) is 26.8 Å². The minimum atomic E-state index is -0.134. The van der Waals surface area contributed by atoms with Gasteiger partial charge in [-0.2, -0.15) is 15.0 Å². The van der Waals surface area contributed by atoms with Gasteiger partial charge in [0.15, 0.2) is 0 Å². The topological polar surface area (TPSA) is 92.0 Å². The van der Waals surface area contributed by atoms with E-state index >= 15 is 0 Å². The van der Waals surface area contributed by atoms with Crippen molar-refractivity contribution >= 4 is 17.8 Å². The number of nitrogens with zero attached hydrogens (tertiary/aromatic N) is 5. The van der Waals surface area contributed by atoms with Crippen LogP contribution in [0.25, 0.3) is 0 Å². The molecule has 2 heterocycles. The highest BCUT2D eigenvalue weighted by Gasteiger charge is 2.14. The molecular formula is C13H21N7O. The highest BCUT2D eigenvalue weighted by atomic mass is 16.4. The van der Waals surface area contributed by atoms with Crippen molar-refractivity contribution in [2.24, 2.45) is 0 Å². The van der Waals surface area contributed by atoms with E-state index in [1.807, 2.05) is 39.8 Å².